The molecule has 0 spiro atoms. The highest BCUT2D eigenvalue weighted by molar-refractivity contribution is 6.13. The number of para-hydroxylation sites is 1. The molecule has 2 aromatic heterocycles. The molecule has 2 aliphatic rings. The van der Waals surface area contributed by atoms with Crippen LogP contribution in [0.3, 0.4) is 0 Å². The molecule has 0 saturated carbocycles. The summed E-state index contributed by atoms with van der Waals surface area (Å²) in [4.78, 5) is 44.2. The van der Waals surface area contributed by atoms with Gasteiger partial charge in [0.15, 0.2) is 0 Å². The van der Waals surface area contributed by atoms with Crippen LogP contribution in [0, 0.1) is 6.92 Å². The molecule has 0 unspecified atom stereocenters. The van der Waals surface area contributed by atoms with E-state index in [4.69, 9.17) is 0 Å². The standard InChI is InChI=1S/C22H25N7O2/c1-4-23-22-24-11-16-19(26-22)28-10-6-7-14(28)12-29(21(16)31)17-9-5-8-15-18(17)25-13(2)27(3)20(15)30/h5,8-9,11,14H,4,6-7,10,12H2,1-3H3,(H,23,24,26)/t14-/m0/s1. The highest BCUT2D eigenvalue weighted by atomic mass is 16.2. The molecule has 5 rings (SSSR count). The van der Waals surface area contributed by atoms with Crippen molar-refractivity contribution >= 4 is 34.3 Å². The topological polar surface area (TPSA) is 96.2 Å². The molecular weight excluding hydrogens is 394 g/mol. The summed E-state index contributed by atoms with van der Waals surface area (Å²) in [6, 6.07) is 5.59. The van der Waals surface area contributed by atoms with E-state index >= 15 is 0 Å². The molecule has 9 heteroatoms. The van der Waals surface area contributed by atoms with Gasteiger partial charge in [0.1, 0.15) is 22.7 Å². The van der Waals surface area contributed by atoms with E-state index in [1.54, 1.807) is 31.1 Å². The molecular formula is C22H25N7O2. The molecule has 2 aliphatic heterocycles. The third kappa shape index (κ3) is 3.03. The fraction of sp³-hybridized carbons (Fsp3) is 0.409. The highest BCUT2D eigenvalue weighted by Crippen LogP contribution is 2.35. The number of aromatic nitrogens is 4. The second-order valence-electron chi connectivity index (χ2n) is 8.06. The Balaban J connectivity index is 1.69. The van der Waals surface area contributed by atoms with Gasteiger partial charge in [-0.2, -0.15) is 4.98 Å². The molecule has 1 amide bonds. The number of carbonyl (C=O) groups excluding carboxylic acids is 1. The number of nitrogens with zero attached hydrogens (tertiary/aromatic N) is 6. The molecule has 0 radical (unpaired) electrons. The Hall–Kier alpha value is -3.49. The van der Waals surface area contributed by atoms with Crippen LogP contribution in [0.1, 0.15) is 35.9 Å². The van der Waals surface area contributed by atoms with Crippen molar-refractivity contribution in [2.45, 2.75) is 32.7 Å². The lowest BCUT2D eigenvalue weighted by molar-refractivity contribution is 0.0988. The maximum atomic E-state index is 13.7. The largest absolute Gasteiger partial charge is 0.354 e. The lowest BCUT2D eigenvalue weighted by Crippen LogP contribution is -2.40. The van der Waals surface area contributed by atoms with E-state index < -0.39 is 0 Å². The molecule has 3 aromatic rings. The van der Waals surface area contributed by atoms with Gasteiger partial charge in [-0.1, -0.05) is 6.07 Å². The second kappa shape index (κ2) is 7.33. The summed E-state index contributed by atoms with van der Waals surface area (Å²) in [6.45, 7) is 5.86. The summed E-state index contributed by atoms with van der Waals surface area (Å²) < 4.78 is 1.53. The normalized spacial score (nSPS) is 18.2. The van der Waals surface area contributed by atoms with Crippen LogP contribution in [0.15, 0.2) is 29.2 Å². The fourth-order valence-corrected chi connectivity index (χ4v) is 4.54. The van der Waals surface area contributed by atoms with Gasteiger partial charge in [0.2, 0.25) is 5.95 Å². The molecule has 1 aromatic carbocycles. The average molecular weight is 419 g/mol. The number of aryl methyl sites for hydroxylation is 1. The first-order valence-electron chi connectivity index (χ1n) is 10.7. The van der Waals surface area contributed by atoms with E-state index in [-0.39, 0.29) is 17.5 Å². The van der Waals surface area contributed by atoms with Gasteiger partial charge in [-0.15, -0.1) is 0 Å². The maximum absolute atomic E-state index is 13.7. The Bertz CT molecular complexity index is 1250. The van der Waals surface area contributed by atoms with Crippen LogP contribution in [0.5, 0.6) is 0 Å². The number of amides is 1. The van der Waals surface area contributed by atoms with Gasteiger partial charge in [0.05, 0.1) is 11.1 Å². The smallest absolute Gasteiger partial charge is 0.263 e. The van der Waals surface area contributed by atoms with Crippen molar-refractivity contribution in [3.63, 3.8) is 0 Å². The molecule has 1 N–H and O–H groups in total. The number of anilines is 3. The van der Waals surface area contributed by atoms with Gasteiger partial charge in [-0.25, -0.2) is 9.97 Å². The van der Waals surface area contributed by atoms with E-state index in [1.807, 2.05) is 19.1 Å². The summed E-state index contributed by atoms with van der Waals surface area (Å²) in [7, 11) is 1.71. The lowest BCUT2D eigenvalue weighted by atomic mass is 10.1. The molecule has 31 heavy (non-hydrogen) atoms. The lowest BCUT2D eigenvalue weighted by Gasteiger charge is -2.27. The number of benzene rings is 1. The molecule has 0 aliphatic carbocycles. The van der Waals surface area contributed by atoms with E-state index in [2.05, 4.69) is 25.2 Å². The summed E-state index contributed by atoms with van der Waals surface area (Å²) in [5.74, 6) is 1.65. The number of carbonyl (C=O) groups is 1. The van der Waals surface area contributed by atoms with Crippen LogP contribution in [-0.4, -0.2) is 51.1 Å². The molecule has 160 valence electrons. The maximum Gasteiger partial charge on any atom is 0.263 e. The number of nitrogens with one attached hydrogen (secondary N) is 1. The average Bonchev–Trinajstić information content (AvgIpc) is 3.20. The Kier molecular flexibility index (Phi) is 4.60. The molecule has 9 nitrogen and oxygen atoms in total. The highest BCUT2D eigenvalue weighted by Gasteiger charge is 2.38. The number of hydrogen-bond acceptors (Lipinski definition) is 7. The zero-order chi connectivity index (χ0) is 21.7. The zero-order valence-electron chi connectivity index (χ0n) is 17.9. The van der Waals surface area contributed by atoms with Crippen molar-refractivity contribution in [3.8, 4) is 0 Å². The minimum absolute atomic E-state index is 0.117. The molecule has 4 heterocycles. The number of rotatable bonds is 3. The third-order valence-corrected chi connectivity index (χ3v) is 6.22. The van der Waals surface area contributed by atoms with Gasteiger partial charge >= 0.3 is 0 Å². The van der Waals surface area contributed by atoms with Crippen LogP contribution in [-0.2, 0) is 7.05 Å². The van der Waals surface area contributed by atoms with E-state index in [0.717, 1.165) is 19.4 Å². The van der Waals surface area contributed by atoms with Crippen molar-refractivity contribution in [2.75, 3.05) is 34.8 Å². The predicted molar refractivity (Wildman–Crippen MR) is 120 cm³/mol. The van der Waals surface area contributed by atoms with Crippen LogP contribution < -0.4 is 20.7 Å². The number of hydrogen-bond donors (Lipinski definition) is 1. The van der Waals surface area contributed by atoms with Crippen molar-refractivity contribution in [1.29, 1.82) is 0 Å². The molecule has 1 atom stereocenters. The quantitative estimate of drug-likeness (QED) is 0.694. The SMILES string of the molecule is CCNc1ncc2c(n1)N1CCC[C@H]1CN(c1cccc3c(=O)n(C)c(C)nc13)C2=O. The van der Waals surface area contributed by atoms with Crippen molar-refractivity contribution in [1.82, 2.24) is 19.5 Å². The first-order valence-corrected chi connectivity index (χ1v) is 10.7. The first kappa shape index (κ1) is 19.5. The van der Waals surface area contributed by atoms with Crippen LogP contribution in [0.2, 0.25) is 0 Å². The minimum atomic E-state index is -0.167. The molecule has 1 fully saturated rings. The third-order valence-electron chi connectivity index (χ3n) is 6.22. The summed E-state index contributed by atoms with van der Waals surface area (Å²) in [5, 5.41) is 3.64. The Morgan fingerprint density at radius 1 is 1.23 bits per heavy atom. The van der Waals surface area contributed by atoms with E-state index in [9.17, 15) is 9.59 Å². The Morgan fingerprint density at radius 3 is 2.87 bits per heavy atom. The summed E-state index contributed by atoms with van der Waals surface area (Å²) >= 11 is 0. The summed E-state index contributed by atoms with van der Waals surface area (Å²) in [5.41, 5.74) is 1.56. The van der Waals surface area contributed by atoms with Gasteiger partial charge in [0.25, 0.3) is 11.5 Å². The fourth-order valence-electron chi connectivity index (χ4n) is 4.54. The molecule has 1 saturated heterocycles. The van der Waals surface area contributed by atoms with Gasteiger partial charge in [0, 0.05) is 38.9 Å². The van der Waals surface area contributed by atoms with E-state index in [1.165, 1.54) is 4.57 Å². The van der Waals surface area contributed by atoms with Crippen molar-refractivity contribution in [2.24, 2.45) is 7.05 Å². The zero-order valence-corrected chi connectivity index (χ0v) is 17.9. The minimum Gasteiger partial charge on any atom is -0.354 e. The van der Waals surface area contributed by atoms with Gasteiger partial charge in [-0.05, 0) is 38.8 Å². The van der Waals surface area contributed by atoms with Gasteiger partial charge in [-0.3, -0.25) is 14.2 Å². The predicted octanol–water partition coefficient (Wildman–Crippen LogP) is 2.09. The molecule has 0 bridgehead atoms. The Labute approximate surface area is 179 Å². The van der Waals surface area contributed by atoms with Crippen LogP contribution >= 0.6 is 0 Å². The number of fused-ring (bicyclic) bond motifs is 4. The van der Waals surface area contributed by atoms with Crippen LogP contribution in [0.25, 0.3) is 10.9 Å². The van der Waals surface area contributed by atoms with Crippen molar-refractivity contribution in [3.05, 3.63) is 46.1 Å². The second-order valence-corrected chi connectivity index (χ2v) is 8.06. The summed E-state index contributed by atoms with van der Waals surface area (Å²) in [6.07, 6.45) is 3.63. The first-order chi connectivity index (χ1) is 15.0. The van der Waals surface area contributed by atoms with Crippen molar-refractivity contribution < 1.29 is 4.79 Å². The Morgan fingerprint density at radius 2 is 2.06 bits per heavy atom. The monoisotopic (exact) mass is 419 g/mol. The van der Waals surface area contributed by atoms with Crippen LogP contribution in [0.4, 0.5) is 17.5 Å². The van der Waals surface area contributed by atoms with Gasteiger partial charge < -0.3 is 15.1 Å². The van der Waals surface area contributed by atoms with E-state index in [0.29, 0.717) is 52.8 Å².